The average molecular weight is 236 g/mol. The van der Waals surface area contributed by atoms with E-state index in [0.29, 0.717) is 0 Å². The summed E-state index contributed by atoms with van der Waals surface area (Å²) in [5.74, 6) is -1.42. The highest BCUT2D eigenvalue weighted by molar-refractivity contribution is 5.73. The number of rotatable bonds is 3. The SMILES string of the molecule is CC(C)O[C@H]1OC(C(=O)O)[C@@H](O)[C@H](O)C1O. The van der Waals surface area contributed by atoms with Crippen LogP contribution in [0, 0.1) is 0 Å². The Morgan fingerprint density at radius 1 is 1.19 bits per heavy atom. The molecule has 0 aromatic rings. The van der Waals surface area contributed by atoms with Gasteiger partial charge < -0.3 is 29.9 Å². The Bertz CT molecular complexity index is 254. The molecular formula is C9H16O7. The second kappa shape index (κ2) is 5.07. The van der Waals surface area contributed by atoms with Gasteiger partial charge in [0.2, 0.25) is 0 Å². The summed E-state index contributed by atoms with van der Waals surface area (Å²) >= 11 is 0. The molecule has 2 unspecified atom stereocenters. The largest absolute Gasteiger partial charge is 0.479 e. The van der Waals surface area contributed by atoms with Crippen LogP contribution in [0.1, 0.15) is 13.8 Å². The first-order valence-corrected chi connectivity index (χ1v) is 4.92. The van der Waals surface area contributed by atoms with Crippen molar-refractivity contribution in [2.45, 2.75) is 50.7 Å². The zero-order chi connectivity index (χ0) is 12.5. The smallest absolute Gasteiger partial charge is 0.335 e. The number of ether oxygens (including phenoxy) is 2. The molecule has 7 nitrogen and oxygen atoms in total. The van der Waals surface area contributed by atoms with Crippen LogP contribution in [0.15, 0.2) is 0 Å². The van der Waals surface area contributed by atoms with E-state index in [1.165, 1.54) is 0 Å². The van der Waals surface area contributed by atoms with Gasteiger partial charge in [-0.25, -0.2) is 4.79 Å². The van der Waals surface area contributed by atoms with E-state index in [2.05, 4.69) is 0 Å². The van der Waals surface area contributed by atoms with Gasteiger partial charge in [0, 0.05) is 0 Å². The molecule has 0 aliphatic carbocycles. The van der Waals surface area contributed by atoms with Crippen molar-refractivity contribution in [3.05, 3.63) is 0 Å². The molecule has 1 rings (SSSR count). The topological polar surface area (TPSA) is 116 Å². The van der Waals surface area contributed by atoms with Crippen LogP contribution in [0.4, 0.5) is 0 Å². The molecule has 1 aliphatic rings. The Hall–Kier alpha value is -0.730. The van der Waals surface area contributed by atoms with E-state index in [9.17, 15) is 20.1 Å². The lowest BCUT2D eigenvalue weighted by Crippen LogP contribution is -2.60. The lowest BCUT2D eigenvalue weighted by molar-refractivity contribution is -0.301. The maximum absolute atomic E-state index is 10.7. The molecule has 1 fully saturated rings. The molecule has 0 spiro atoms. The highest BCUT2D eigenvalue weighted by Crippen LogP contribution is 2.23. The summed E-state index contributed by atoms with van der Waals surface area (Å²) in [5.41, 5.74) is 0. The highest BCUT2D eigenvalue weighted by Gasteiger charge is 2.47. The normalized spacial score (nSPS) is 40.0. The lowest BCUT2D eigenvalue weighted by Gasteiger charge is -2.39. The summed E-state index contributed by atoms with van der Waals surface area (Å²) in [4.78, 5) is 10.7. The number of carboxylic acids is 1. The van der Waals surface area contributed by atoms with Gasteiger partial charge in [0.1, 0.15) is 18.3 Å². The number of hydrogen-bond acceptors (Lipinski definition) is 6. The van der Waals surface area contributed by atoms with Crippen LogP contribution in [0.3, 0.4) is 0 Å². The number of carboxylic acid groups (broad SMARTS) is 1. The monoisotopic (exact) mass is 236 g/mol. The number of aliphatic hydroxyl groups excluding tert-OH is 3. The number of hydrogen-bond donors (Lipinski definition) is 4. The molecule has 7 heteroatoms. The van der Waals surface area contributed by atoms with E-state index in [4.69, 9.17) is 14.6 Å². The molecule has 16 heavy (non-hydrogen) atoms. The molecule has 1 heterocycles. The van der Waals surface area contributed by atoms with Crippen LogP contribution in [0.5, 0.6) is 0 Å². The van der Waals surface area contributed by atoms with Crippen molar-refractivity contribution in [2.24, 2.45) is 0 Å². The Balaban J connectivity index is 2.77. The van der Waals surface area contributed by atoms with E-state index < -0.39 is 36.7 Å². The van der Waals surface area contributed by atoms with Gasteiger partial charge in [0.05, 0.1) is 6.10 Å². The predicted molar refractivity (Wildman–Crippen MR) is 50.5 cm³/mol. The molecule has 1 saturated heterocycles. The lowest BCUT2D eigenvalue weighted by atomic mass is 9.99. The van der Waals surface area contributed by atoms with E-state index in [0.717, 1.165) is 0 Å². The summed E-state index contributed by atoms with van der Waals surface area (Å²) in [7, 11) is 0. The minimum atomic E-state index is -1.68. The molecule has 0 amide bonds. The third-order valence-corrected chi connectivity index (χ3v) is 2.22. The summed E-state index contributed by atoms with van der Waals surface area (Å²) < 4.78 is 9.97. The average Bonchev–Trinajstić information content (AvgIpc) is 2.18. The Morgan fingerprint density at radius 3 is 2.19 bits per heavy atom. The Kier molecular flexibility index (Phi) is 4.22. The van der Waals surface area contributed by atoms with Gasteiger partial charge in [-0.3, -0.25) is 0 Å². The predicted octanol–water partition coefficient (Wildman–Crippen LogP) is -1.70. The summed E-state index contributed by atoms with van der Waals surface area (Å²) in [6, 6.07) is 0. The maximum Gasteiger partial charge on any atom is 0.335 e. The molecule has 4 N–H and O–H groups in total. The molecular weight excluding hydrogens is 220 g/mol. The first-order chi connectivity index (χ1) is 7.34. The van der Waals surface area contributed by atoms with Gasteiger partial charge in [-0.15, -0.1) is 0 Å². The zero-order valence-corrected chi connectivity index (χ0v) is 8.98. The van der Waals surface area contributed by atoms with Gasteiger partial charge in [-0.05, 0) is 13.8 Å². The molecule has 94 valence electrons. The molecule has 5 atom stereocenters. The molecule has 0 aromatic carbocycles. The van der Waals surface area contributed by atoms with Crippen LogP contribution in [-0.4, -0.2) is 63.2 Å². The second-order valence-electron chi connectivity index (χ2n) is 3.92. The fraction of sp³-hybridized carbons (Fsp3) is 0.889. The fourth-order valence-electron chi connectivity index (χ4n) is 1.43. The summed E-state index contributed by atoms with van der Waals surface area (Å²) in [6.45, 7) is 3.34. The van der Waals surface area contributed by atoms with Gasteiger partial charge in [0.25, 0.3) is 0 Å². The molecule has 0 saturated carbocycles. The van der Waals surface area contributed by atoms with Crippen LogP contribution in [0.25, 0.3) is 0 Å². The van der Waals surface area contributed by atoms with E-state index in [1.807, 2.05) is 0 Å². The second-order valence-corrected chi connectivity index (χ2v) is 3.92. The van der Waals surface area contributed by atoms with Gasteiger partial charge >= 0.3 is 5.97 Å². The van der Waals surface area contributed by atoms with Crippen molar-refractivity contribution in [1.29, 1.82) is 0 Å². The highest BCUT2D eigenvalue weighted by atomic mass is 16.7. The van der Waals surface area contributed by atoms with Gasteiger partial charge in [0.15, 0.2) is 12.4 Å². The molecule has 1 aliphatic heterocycles. The maximum atomic E-state index is 10.7. The first kappa shape index (κ1) is 13.3. The third kappa shape index (κ3) is 2.69. The molecule has 0 aromatic heterocycles. The van der Waals surface area contributed by atoms with E-state index in [1.54, 1.807) is 13.8 Å². The van der Waals surface area contributed by atoms with E-state index in [-0.39, 0.29) is 6.10 Å². The van der Waals surface area contributed by atoms with Gasteiger partial charge in [-0.1, -0.05) is 0 Å². The van der Waals surface area contributed by atoms with Crippen LogP contribution in [0.2, 0.25) is 0 Å². The third-order valence-electron chi connectivity index (χ3n) is 2.22. The Morgan fingerprint density at radius 2 is 1.75 bits per heavy atom. The number of aliphatic hydroxyl groups is 3. The standard InChI is InChI=1S/C9H16O7/c1-3(2)15-9-6(12)4(10)5(11)7(16-9)8(13)14/h3-7,9-12H,1-2H3,(H,13,14)/t4-,5-,6?,7?,9-/m0/s1. The Labute approximate surface area is 92.2 Å². The molecule has 0 radical (unpaired) electrons. The zero-order valence-electron chi connectivity index (χ0n) is 8.98. The molecule has 0 bridgehead atoms. The van der Waals surface area contributed by atoms with Gasteiger partial charge in [-0.2, -0.15) is 0 Å². The van der Waals surface area contributed by atoms with Crippen molar-refractivity contribution in [3.63, 3.8) is 0 Å². The van der Waals surface area contributed by atoms with Crippen molar-refractivity contribution < 1.29 is 34.7 Å². The number of carbonyl (C=O) groups is 1. The van der Waals surface area contributed by atoms with E-state index >= 15 is 0 Å². The van der Waals surface area contributed by atoms with Crippen molar-refractivity contribution in [3.8, 4) is 0 Å². The first-order valence-electron chi connectivity index (χ1n) is 4.92. The number of aliphatic carboxylic acids is 1. The quantitative estimate of drug-likeness (QED) is 0.461. The summed E-state index contributed by atoms with van der Waals surface area (Å²) in [6.07, 6.45) is -7.95. The van der Waals surface area contributed by atoms with Crippen molar-refractivity contribution >= 4 is 5.97 Å². The minimum Gasteiger partial charge on any atom is -0.479 e. The van der Waals surface area contributed by atoms with Crippen molar-refractivity contribution in [1.82, 2.24) is 0 Å². The van der Waals surface area contributed by atoms with Crippen LogP contribution < -0.4 is 0 Å². The van der Waals surface area contributed by atoms with Crippen LogP contribution >= 0.6 is 0 Å². The van der Waals surface area contributed by atoms with Crippen LogP contribution in [-0.2, 0) is 14.3 Å². The van der Waals surface area contributed by atoms with Crippen molar-refractivity contribution in [2.75, 3.05) is 0 Å². The summed E-state index contributed by atoms with van der Waals surface area (Å²) in [5, 5.41) is 37.0. The fourth-order valence-corrected chi connectivity index (χ4v) is 1.43. The minimum absolute atomic E-state index is 0.309.